The third-order valence-corrected chi connectivity index (χ3v) is 4.35. The number of halogens is 2. The lowest BCUT2D eigenvalue weighted by molar-refractivity contribution is 0.0933. The number of ether oxygens (including phenoxy) is 1. The molecule has 5 nitrogen and oxygen atoms in total. The van der Waals surface area contributed by atoms with E-state index in [2.05, 4.69) is 24.1 Å². The van der Waals surface area contributed by atoms with Crippen molar-refractivity contribution < 1.29 is 9.53 Å². The smallest absolute Gasteiger partial charge is 0.251 e. The van der Waals surface area contributed by atoms with Gasteiger partial charge in [-0.1, -0.05) is 19.9 Å². The summed E-state index contributed by atoms with van der Waals surface area (Å²) in [4.78, 5) is 16.8. The molecule has 1 heterocycles. The summed E-state index contributed by atoms with van der Waals surface area (Å²) in [6.45, 7) is 7.02. The van der Waals surface area contributed by atoms with Crippen LogP contribution in [0.4, 0.5) is 0 Å². The van der Waals surface area contributed by atoms with Crippen LogP contribution in [-0.4, -0.2) is 23.5 Å². The molecule has 1 aromatic heterocycles. The molecule has 1 atom stereocenters. The molecule has 2 aromatic rings. The third kappa shape index (κ3) is 7.91. The van der Waals surface area contributed by atoms with Crippen LogP contribution in [0.2, 0.25) is 0 Å². The van der Waals surface area contributed by atoms with Gasteiger partial charge in [-0.15, -0.1) is 36.2 Å². The van der Waals surface area contributed by atoms with Crippen molar-refractivity contribution in [3.63, 3.8) is 0 Å². The number of carbonyl (C=O) groups is 1. The van der Waals surface area contributed by atoms with E-state index < -0.39 is 0 Å². The first-order chi connectivity index (χ1) is 11.5. The van der Waals surface area contributed by atoms with Gasteiger partial charge < -0.3 is 15.8 Å². The van der Waals surface area contributed by atoms with Gasteiger partial charge in [-0.05, 0) is 37.5 Å². The molecule has 0 aliphatic heterocycles. The van der Waals surface area contributed by atoms with Crippen LogP contribution < -0.4 is 15.8 Å². The van der Waals surface area contributed by atoms with Crippen LogP contribution >= 0.6 is 36.2 Å². The predicted molar refractivity (Wildman–Crippen MR) is 112 cm³/mol. The van der Waals surface area contributed by atoms with Crippen LogP contribution in [0.5, 0.6) is 5.75 Å². The summed E-state index contributed by atoms with van der Waals surface area (Å²) in [5.41, 5.74) is 7.22. The monoisotopic (exact) mass is 419 g/mol. The van der Waals surface area contributed by atoms with E-state index in [1.165, 1.54) is 0 Å². The van der Waals surface area contributed by atoms with Crippen molar-refractivity contribution in [2.24, 2.45) is 11.7 Å². The molecule has 0 aliphatic carbocycles. The van der Waals surface area contributed by atoms with Gasteiger partial charge in [-0.2, -0.15) is 0 Å². The SMILES string of the molecule is Cc1nc(COc2cccc(C(=O)NC(CN)CC(C)C)c2)cs1.Cl.Cl. The Morgan fingerprint density at radius 1 is 1.35 bits per heavy atom. The Labute approximate surface area is 171 Å². The van der Waals surface area contributed by atoms with Gasteiger partial charge in [0, 0.05) is 23.5 Å². The highest BCUT2D eigenvalue weighted by atomic mass is 35.5. The third-order valence-electron chi connectivity index (χ3n) is 3.53. The van der Waals surface area contributed by atoms with Crippen LogP contribution in [0.1, 0.15) is 41.3 Å². The van der Waals surface area contributed by atoms with Gasteiger partial charge >= 0.3 is 0 Å². The van der Waals surface area contributed by atoms with Crippen LogP contribution in [0, 0.1) is 12.8 Å². The minimum Gasteiger partial charge on any atom is -0.487 e. The molecule has 8 heteroatoms. The van der Waals surface area contributed by atoms with Gasteiger partial charge in [0.2, 0.25) is 0 Å². The zero-order valence-electron chi connectivity index (χ0n) is 15.2. The highest BCUT2D eigenvalue weighted by Gasteiger charge is 2.14. The van der Waals surface area contributed by atoms with Gasteiger partial charge in [0.15, 0.2) is 0 Å². The van der Waals surface area contributed by atoms with Gasteiger partial charge in [0.25, 0.3) is 5.91 Å². The van der Waals surface area contributed by atoms with Crippen LogP contribution in [0.25, 0.3) is 0 Å². The molecular weight excluding hydrogens is 393 g/mol. The van der Waals surface area contributed by atoms with E-state index in [4.69, 9.17) is 10.5 Å². The fourth-order valence-corrected chi connectivity index (χ4v) is 3.01. The molecule has 0 saturated heterocycles. The highest BCUT2D eigenvalue weighted by Crippen LogP contribution is 2.17. The largest absolute Gasteiger partial charge is 0.487 e. The molecule has 0 fully saturated rings. The van der Waals surface area contributed by atoms with Gasteiger partial charge in [-0.3, -0.25) is 4.79 Å². The molecule has 0 aliphatic rings. The number of nitrogens with two attached hydrogens (primary N) is 1. The summed E-state index contributed by atoms with van der Waals surface area (Å²) < 4.78 is 5.73. The Balaban J connectivity index is 0.00000312. The Kier molecular flexibility index (Phi) is 11.5. The van der Waals surface area contributed by atoms with E-state index in [0.29, 0.717) is 30.4 Å². The molecule has 26 heavy (non-hydrogen) atoms. The Bertz CT molecular complexity index is 680. The van der Waals surface area contributed by atoms with Crippen molar-refractivity contribution >= 4 is 42.1 Å². The van der Waals surface area contributed by atoms with E-state index in [0.717, 1.165) is 17.1 Å². The normalized spacial score (nSPS) is 11.3. The summed E-state index contributed by atoms with van der Waals surface area (Å²) >= 11 is 1.59. The van der Waals surface area contributed by atoms with E-state index in [9.17, 15) is 4.79 Å². The zero-order valence-corrected chi connectivity index (χ0v) is 17.7. The second kappa shape index (κ2) is 12.1. The molecule has 146 valence electrons. The minimum atomic E-state index is -0.124. The van der Waals surface area contributed by atoms with Crippen molar-refractivity contribution in [3.8, 4) is 5.75 Å². The van der Waals surface area contributed by atoms with Gasteiger partial charge in [0.05, 0.1) is 10.7 Å². The van der Waals surface area contributed by atoms with Crippen LogP contribution in [-0.2, 0) is 6.61 Å². The Hall–Kier alpha value is -1.34. The maximum atomic E-state index is 12.4. The topological polar surface area (TPSA) is 77.2 Å². The summed E-state index contributed by atoms with van der Waals surface area (Å²) in [6.07, 6.45) is 0.863. The molecular formula is C18H27Cl2N3O2S. The first-order valence-electron chi connectivity index (χ1n) is 8.12. The first kappa shape index (κ1) is 24.7. The second-order valence-electron chi connectivity index (χ2n) is 6.21. The lowest BCUT2D eigenvalue weighted by atomic mass is 10.0. The number of aromatic nitrogens is 1. The lowest BCUT2D eigenvalue weighted by Gasteiger charge is -2.19. The van der Waals surface area contributed by atoms with Gasteiger partial charge in [0.1, 0.15) is 12.4 Å². The standard InChI is InChI=1S/C18H25N3O2S.2ClH/c1-12(2)7-15(9-19)21-18(22)14-5-4-6-17(8-14)23-10-16-11-24-13(3)20-16;;/h4-6,8,11-12,15H,7,9-10,19H2,1-3H3,(H,21,22);2*1H. The maximum Gasteiger partial charge on any atom is 0.251 e. The van der Waals surface area contributed by atoms with E-state index in [1.54, 1.807) is 23.5 Å². The zero-order chi connectivity index (χ0) is 17.5. The van der Waals surface area contributed by atoms with Crippen molar-refractivity contribution in [1.29, 1.82) is 0 Å². The van der Waals surface area contributed by atoms with Crippen molar-refractivity contribution in [1.82, 2.24) is 10.3 Å². The number of hydrogen-bond acceptors (Lipinski definition) is 5. The summed E-state index contributed by atoms with van der Waals surface area (Å²) in [7, 11) is 0. The lowest BCUT2D eigenvalue weighted by Crippen LogP contribution is -2.41. The number of thiazole rings is 1. The average molecular weight is 420 g/mol. The summed E-state index contributed by atoms with van der Waals surface area (Å²) in [5, 5.41) is 5.98. The summed E-state index contributed by atoms with van der Waals surface area (Å²) in [5.74, 6) is 1.01. The van der Waals surface area contributed by atoms with Crippen molar-refractivity contribution in [2.45, 2.75) is 39.8 Å². The van der Waals surface area contributed by atoms with E-state index >= 15 is 0 Å². The van der Waals surface area contributed by atoms with Crippen molar-refractivity contribution in [2.75, 3.05) is 6.54 Å². The number of nitrogens with zero attached hydrogens (tertiary/aromatic N) is 1. The number of amides is 1. The second-order valence-corrected chi connectivity index (χ2v) is 7.27. The van der Waals surface area contributed by atoms with Gasteiger partial charge in [-0.25, -0.2) is 4.98 Å². The molecule has 0 spiro atoms. The number of nitrogens with one attached hydrogen (secondary N) is 1. The molecule has 0 saturated carbocycles. The molecule has 1 aromatic carbocycles. The first-order valence-corrected chi connectivity index (χ1v) is 9.00. The van der Waals surface area contributed by atoms with Crippen molar-refractivity contribution in [3.05, 3.63) is 45.9 Å². The Morgan fingerprint density at radius 2 is 2.08 bits per heavy atom. The maximum absolute atomic E-state index is 12.4. The number of benzene rings is 1. The quantitative estimate of drug-likeness (QED) is 0.677. The Morgan fingerprint density at radius 3 is 2.65 bits per heavy atom. The van der Waals surface area contributed by atoms with E-state index in [-0.39, 0.29) is 36.8 Å². The minimum absolute atomic E-state index is 0. The fourth-order valence-electron chi connectivity index (χ4n) is 2.41. The average Bonchev–Trinajstić information content (AvgIpc) is 2.97. The number of rotatable bonds is 8. The molecule has 3 N–H and O–H groups in total. The molecule has 1 unspecified atom stereocenters. The molecule has 2 rings (SSSR count). The molecule has 0 radical (unpaired) electrons. The molecule has 0 bridgehead atoms. The highest BCUT2D eigenvalue weighted by molar-refractivity contribution is 7.09. The predicted octanol–water partition coefficient (Wildman–Crippen LogP) is 3.98. The fraction of sp³-hybridized carbons (Fsp3) is 0.444. The van der Waals surface area contributed by atoms with Crippen LogP contribution in [0.3, 0.4) is 0 Å². The summed E-state index contributed by atoms with van der Waals surface area (Å²) in [6, 6.07) is 7.16. The van der Waals surface area contributed by atoms with E-state index in [1.807, 2.05) is 24.4 Å². The molecule has 1 amide bonds. The number of carbonyl (C=O) groups excluding carboxylic acids is 1. The number of aryl methyl sites for hydroxylation is 1. The van der Waals surface area contributed by atoms with Crippen LogP contribution in [0.15, 0.2) is 29.6 Å². The number of hydrogen-bond donors (Lipinski definition) is 2.